The van der Waals surface area contributed by atoms with E-state index in [1.54, 1.807) is 26.6 Å². The number of aryl methyl sites for hydroxylation is 1. The number of ether oxygens (including phenoxy) is 2. The van der Waals surface area contributed by atoms with Crippen molar-refractivity contribution in [3.63, 3.8) is 0 Å². The van der Waals surface area contributed by atoms with Crippen LogP contribution in [0.15, 0.2) is 42.7 Å². The van der Waals surface area contributed by atoms with Crippen LogP contribution < -0.4 is 14.8 Å². The number of benzene rings is 2. The number of hydrogen-bond donors (Lipinski definition) is 1. The van der Waals surface area contributed by atoms with Crippen LogP contribution in [-0.4, -0.2) is 24.2 Å². The van der Waals surface area contributed by atoms with E-state index in [0.717, 1.165) is 39.7 Å². The lowest BCUT2D eigenvalue weighted by Gasteiger charge is -2.15. The van der Waals surface area contributed by atoms with Crippen LogP contribution in [0, 0.1) is 6.92 Å². The van der Waals surface area contributed by atoms with Crippen molar-refractivity contribution in [2.75, 3.05) is 19.5 Å². The van der Waals surface area contributed by atoms with Crippen molar-refractivity contribution in [3.8, 4) is 11.5 Å². The van der Waals surface area contributed by atoms with Crippen molar-refractivity contribution < 1.29 is 9.47 Å². The Balaban J connectivity index is 1.84. The lowest BCUT2D eigenvalue weighted by molar-refractivity contribution is 0.391. The molecule has 146 valence electrons. The van der Waals surface area contributed by atoms with Gasteiger partial charge in [-0.1, -0.05) is 29.3 Å². The van der Waals surface area contributed by atoms with Crippen molar-refractivity contribution in [2.24, 2.45) is 0 Å². The Bertz CT molecular complexity index is 980. The van der Waals surface area contributed by atoms with Crippen LogP contribution in [0.25, 0.3) is 0 Å². The van der Waals surface area contributed by atoms with Gasteiger partial charge in [0.1, 0.15) is 23.6 Å². The molecule has 28 heavy (non-hydrogen) atoms. The molecule has 0 bridgehead atoms. The Morgan fingerprint density at radius 3 is 2.46 bits per heavy atom. The average Bonchev–Trinajstić information content (AvgIpc) is 2.70. The fraction of sp³-hybridized carbons (Fsp3) is 0.238. The highest BCUT2D eigenvalue weighted by molar-refractivity contribution is 6.35. The molecule has 7 heteroatoms. The maximum absolute atomic E-state index is 6.35. The first-order valence-electron chi connectivity index (χ1n) is 8.71. The Morgan fingerprint density at radius 2 is 1.75 bits per heavy atom. The van der Waals surface area contributed by atoms with Gasteiger partial charge in [-0.05, 0) is 36.8 Å². The quantitative estimate of drug-likeness (QED) is 0.564. The second-order valence-corrected chi connectivity index (χ2v) is 7.07. The van der Waals surface area contributed by atoms with Crippen molar-refractivity contribution in [1.29, 1.82) is 0 Å². The van der Waals surface area contributed by atoms with Gasteiger partial charge in [0.15, 0.2) is 0 Å². The molecular weight excluding hydrogens is 397 g/mol. The van der Waals surface area contributed by atoms with E-state index in [1.807, 2.05) is 37.3 Å². The second kappa shape index (κ2) is 9.13. The number of nitrogens with one attached hydrogen (secondary N) is 1. The summed E-state index contributed by atoms with van der Waals surface area (Å²) < 4.78 is 10.7. The Labute approximate surface area is 174 Å². The summed E-state index contributed by atoms with van der Waals surface area (Å²) >= 11 is 12.4. The monoisotopic (exact) mass is 417 g/mol. The summed E-state index contributed by atoms with van der Waals surface area (Å²) in [4.78, 5) is 8.76. The molecule has 1 heterocycles. The van der Waals surface area contributed by atoms with Gasteiger partial charge in [-0.25, -0.2) is 9.97 Å². The molecule has 0 aliphatic rings. The lowest BCUT2D eigenvalue weighted by Crippen LogP contribution is -2.09. The molecular formula is C21H21Cl2N3O2. The van der Waals surface area contributed by atoms with E-state index in [9.17, 15) is 0 Å². The molecule has 0 aliphatic carbocycles. The van der Waals surface area contributed by atoms with Crippen molar-refractivity contribution in [3.05, 3.63) is 75.2 Å². The minimum Gasteiger partial charge on any atom is -0.497 e. The molecule has 3 aromatic rings. The molecule has 3 rings (SSSR count). The molecule has 0 saturated carbocycles. The zero-order valence-electron chi connectivity index (χ0n) is 15.9. The maximum Gasteiger partial charge on any atom is 0.133 e. The van der Waals surface area contributed by atoms with Crippen LogP contribution in [-0.2, 0) is 13.0 Å². The molecule has 1 N–H and O–H groups in total. The normalized spacial score (nSPS) is 10.6. The van der Waals surface area contributed by atoms with Gasteiger partial charge in [-0.2, -0.15) is 0 Å². The first kappa shape index (κ1) is 20.2. The van der Waals surface area contributed by atoms with Gasteiger partial charge < -0.3 is 14.8 Å². The summed E-state index contributed by atoms with van der Waals surface area (Å²) in [6.45, 7) is 2.50. The molecule has 0 spiro atoms. The zero-order chi connectivity index (χ0) is 20.1. The van der Waals surface area contributed by atoms with Crippen molar-refractivity contribution in [2.45, 2.75) is 19.9 Å². The van der Waals surface area contributed by atoms with Gasteiger partial charge in [0, 0.05) is 45.9 Å². The van der Waals surface area contributed by atoms with Crippen LogP contribution in [0.5, 0.6) is 11.5 Å². The largest absolute Gasteiger partial charge is 0.497 e. The van der Waals surface area contributed by atoms with Crippen LogP contribution in [0.3, 0.4) is 0 Å². The summed E-state index contributed by atoms with van der Waals surface area (Å²) in [6.07, 6.45) is 2.15. The summed E-state index contributed by atoms with van der Waals surface area (Å²) in [7, 11) is 3.27. The fourth-order valence-electron chi connectivity index (χ4n) is 2.90. The molecule has 0 atom stereocenters. The number of nitrogens with zero attached hydrogens (tertiary/aromatic N) is 2. The Morgan fingerprint density at radius 1 is 0.964 bits per heavy atom. The smallest absolute Gasteiger partial charge is 0.133 e. The zero-order valence-corrected chi connectivity index (χ0v) is 17.4. The highest BCUT2D eigenvalue weighted by atomic mass is 35.5. The highest BCUT2D eigenvalue weighted by Crippen LogP contribution is 2.28. The second-order valence-electron chi connectivity index (χ2n) is 6.23. The van der Waals surface area contributed by atoms with Gasteiger partial charge in [0.25, 0.3) is 0 Å². The molecule has 5 nitrogen and oxygen atoms in total. The maximum atomic E-state index is 6.35. The van der Waals surface area contributed by atoms with Gasteiger partial charge in [0.05, 0.1) is 14.2 Å². The van der Waals surface area contributed by atoms with E-state index in [2.05, 4.69) is 15.3 Å². The summed E-state index contributed by atoms with van der Waals surface area (Å²) in [5.41, 5.74) is 3.84. The summed E-state index contributed by atoms with van der Waals surface area (Å²) in [6, 6.07) is 11.2. The van der Waals surface area contributed by atoms with Crippen molar-refractivity contribution >= 4 is 29.0 Å². The minimum atomic E-state index is 0.547. The highest BCUT2D eigenvalue weighted by Gasteiger charge is 2.13. The first-order chi connectivity index (χ1) is 13.5. The SMILES string of the molecule is COc1ccc(CNc2ncnc(C)c2Cc2ccc(Cl)cc2Cl)c(OC)c1. The third-order valence-corrected chi connectivity index (χ3v) is 5.07. The molecule has 0 amide bonds. The number of hydrogen-bond acceptors (Lipinski definition) is 5. The standard InChI is InChI=1S/C21H21Cl2N3O2/c1-13-18(8-14-4-6-16(22)9-19(14)23)21(26-12-25-13)24-11-15-5-7-17(27-2)10-20(15)28-3/h4-7,9-10,12H,8,11H2,1-3H3,(H,24,25,26). The van der Waals surface area contributed by atoms with Gasteiger partial charge in [-0.15, -0.1) is 0 Å². The molecule has 0 unspecified atom stereocenters. The van der Waals surface area contributed by atoms with E-state index in [1.165, 1.54) is 0 Å². The van der Waals surface area contributed by atoms with Gasteiger partial charge in [-0.3, -0.25) is 0 Å². The Kier molecular flexibility index (Phi) is 6.60. The summed E-state index contributed by atoms with van der Waals surface area (Å²) in [5.74, 6) is 2.26. The number of aromatic nitrogens is 2. The summed E-state index contributed by atoms with van der Waals surface area (Å²) in [5, 5.41) is 4.63. The van der Waals surface area contributed by atoms with Crippen LogP contribution in [0.4, 0.5) is 5.82 Å². The molecule has 0 saturated heterocycles. The van der Waals surface area contributed by atoms with Crippen LogP contribution in [0.2, 0.25) is 10.0 Å². The van der Waals surface area contributed by atoms with E-state index in [0.29, 0.717) is 23.0 Å². The third kappa shape index (κ3) is 4.66. The minimum absolute atomic E-state index is 0.547. The predicted octanol–water partition coefficient (Wildman–Crippen LogP) is 5.31. The first-order valence-corrected chi connectivity index (χ1v) is 9.46. The lowest BCUT2D eigenvalue weighted by atomic mass is 10.0. The van der Waals surface area contributed by atoms with E-state index in [-0.39, 0.29) is 0 Å². The van der Waals surface area contributed by atoms with E-state index >= 15 is 0 Å². The van der Waals surface area contributed by atoms with Gasteiger partial charge >= 0.3 is 0 Å². The topological polar surface area (TPSA) is 56.3 Å². The van der Waals surface area contributed by atoms with Crippen LogP contribution in [0.1, 0.15) is 22.4 Å². The number of anilines is 1. The third-order valence-electron chi connectivity index (χ3n) is 4.48. The average molecular weight is 418 g/mol. The number of halogens is 2. The number of methoxy groups -OCH3 is 2. The Hall–Kier alpha value is -2.50. The molecule has 0 aliphatic heterocycles. The van der Waals surface area contributed by atoms with E-state index in [4.69, 9.17) is 32.7 Å². The van der Waals surface area contributed by atoms with Crippen molar-refractivity contribution in [1.82, 2.24) is 9.97 Å². The van der Waals surface area contributed by atoms with Gasteiger partial charge in [0.2, 0.25) is 0 Å². The number of rotatable bonds is 7. The molecule has 2 aromatic carbocycles. The molecule has 0 fully saturated rings. The molecule has 1 aromatic heterocycles. The fourth-order valence-corrected chi connectivity index (χ4v) is 3.37. The van der Waals surface area contributed by atoms with Crippen LogP contribution >= 0.6 is 23.2 Å². The predicted molar refractivity (Wildman–Crippen MR) is 113 cm³/mol. The molecule has 0 radical (unpaired) electrons. The van der Waals surface area contributed by atoms with E-state index < -0.39 is 0 Å².